The second-order valence-corrected chi connectivity index (χ2v) is 8.49. The van der Waals surface area contributed by atoms with Gasteiger partial charge in [-0.05, 0) is 55.3 Å². The van der Waals surface area contributed by atoms with Crippen molar-refractivity contribution in [2.75, 3.05) is 23.3 Å². The Morgan fingerprint density at radius 1 is 1.07 bits per heavy atom. The SMILES string of the molecule is O=C(Nc1cc(Cl)ccc1N1CCCC1)c1ccc(S(=O)(=O)C(F)F)cc1. The zero-order valence-electron chi connectivity index (χ0n) is 14.2. The Labute approximate surface area is 160 Å². The van der Waals surface area contributed by atoms with Crippen LogP contribution in [0.15, 0.2) is 47.4 Å². The van der Waals surface area contributed by atoms with E-state index in [1.54, 1.807) is 12.1 Å². The topological polar surface area (TPSA) is 66.5 Å². The number of hydrogen-bond acceptors (Lipinski definition) is 4. The number of carbonyl (C=O) groups excluding carboxylic acids is 1. The van der Waals surface area contributed by atoms with E-state index in [0.717, 1.165) is 43.8 Å². The van der Waals surface area contributed by atoms with Gasteiger partial charge in [0.2, 0.25) is 9.84 Å². The highest BCUT2D eigenvalue weighted by atomic mass is 35.5. The number of sulfone groups is 1. The van der Waals surface area contributed by atoms with Crippen LogP contribution in [-0.4, -0.2) is 33.2 Å². The van der Waals surface area contributed by atoms with Crippen LogP contribution in [-0.2, 0) is 9.84 Å². The first-order valence-corrected chi connectivity index (χ1v) is 10.2. The molecule has 0 aliphatic carbocycles. The molecule has 1 heterocycles. The molecule has 1 aliphatic heterocycles. The van der Waals surface area contributed by atoms with Gasteiger partial charge in [0, 0.05) is 23.7 Å². The van der Waals surface area contributed by atoms with Crippen LogP contribution >= 0.6 is 11.6 Å². The van der Waals surface area contributed by atoms with Crippen molar-refractivity contribution in [3.8, 4) is 0 Å². The third kappa shape index (κ3) is 4.22. The number of nitrogens with zero attached hydrogens (tertiary/aromatic N) is 1. The molecule has 1 fully saturated rings. The molecule has 9 heteroatoms. The van der Waals surface area contributed by atoms with Crippen molar-refractivity contribution < 1.29 is 22.0 Å². The van der Waals surface area contributed by atoms with Gasteiger partial charge in [-0.3, -0.25) is 4.79 Å². The summed E-state index contributed by atoms with van der Waals surface area (Å²) in [6.07, 6.45) is 2.13. The van der Waals surface area contributed by atoms with Gasteiger partial charge in [-0.15, -0.1) is 0 Å². The van der Waals surface area contributed by atoms with Crippen molar-refractivity contribution in [1.82, 2.24) is 0 Å². The molecular formula is C18H17ClF2N2O3S. The second kappa shape index (κ2) is 7.82. The average molecular weight is 415 g/mol. The summed E-state index contributed by atoms with van der Waals surface area (Å²) < 4.78 is 48.1. The minimum Gasteiger partial charge on any atom is -0.370 e. The maximum atomic E-state index is 12.6. The number of nitrogens with one attached hydrogen (secondary N) is 1. The number of benzene rings is 2. The van der Waals surface area contributed by atoms with E-state index < -0.39 is 26.4 Å². The molecule has 1 saturated heterocycles. The summed E-state index contributed by atoms with van der Waals surface area (Å²) >= 11 is 6.05. The molecule has 0 saturated carbocycles. The van der Waals surface area contributed by atoms with E-state index in [1.807, 2.05) is 6.07 Å². The highest BCUT2D eigenvalue weighted by molar-refractivity contribution is 7.91. The van der Waals surface area contributed by atoms with Gasteiger partial charge in [-0.2, -0.15) is 8.78 Å². The van der Waals surface area contributed by atoms with Crippen molar-refractivity contribution >= 4 is 38.7 Å². The molecule has 1 aliphatic rings. The Kier molecular flexibility index (Phi) is 5.67. The molecule has 2 aromatic carbocycles. The zero-order chi connectivity index (χ0) is 19.6. The number of rotatable bonds is 5. The predicted molar refractivity (Wildman–Crippen MR) is 100 cm³/mol. The number of hydrogen-bond donors (Lipinski definition) is 1. The fourth-order valence-corrected chi connectivity index (χ4v) is 3.83. The summed E-state index contributed by atoms with van der Waals surface area (Å²) in [5, 5.41) is 3.23. The minimum absolute atomic E-state index is 0.149. The van der Waals surface area contributed by atoms with Crippen molar-refractivity contribution in [2.24, 2.45) is 0 Å². The van der Waals surface area contributed by atoms with Crippen LogP contribution in [0.3, 0.4) is 0 Å². The molecule has 0 bridgehead atoms. The number of halogens is 3. The predicted octanol–water partition coefficient (Wildman–Crippen LogP) is 4.19. The van der Waals surface area contributed by atoms with Crippen LogP contribution in [0.5, 0.6) is 0 Å². The molecule has 5 nitrogen and oxygen atoms in total. The monoisotopic (exact) mass is 414 g/mol. The van der Waals surface area contributed by atoms with E-state index in [2.05, 4.69) is 10.2 Å². The van der Waals surface area contributed by atoms with Crippen LogP contribution in [0, 0.1) is 0 Å². The standard InChI is InChI=1S/C18H17ClF2N2O3S/c19-13-5-8-16(23-9-1-2-10-23)15(11-13)22-17(24)12-3-6-14(7-4-12)27(25,26)18(20)21/h3-8,11,18H,1-2,9-10H2,(H,22,24). The van der Waals surface area contributed by atoms with Crippen molar-refractivity contribution in [1.29, 1.82) is 0 Å². The zero-order valence-corrected chi connectivity index (χ0v) is 15.7. The van der Waals surface area contributed by atoms with Crippen molar-refractivity contribution in [2.45, 2.75) is 23.5 Å². The van der Waals surface area contributed by atoms with Crippen molar-refractivity contribution in [3.05, 3.63) is 53.1 Å². The fourth-order valence-electron chi connectivity index (χ4n) is 2.94. The number of carbonyl (C=O) groups is 1. The lowest BCUT2D eigenvalue weighted by Gasteiger charge is -2.22. The first-order chi connectivity index (χ1) is 12.8. The highest BCUT2D eigenvalue weighted by Gasteiger charge is 2.26. The number of anilines is 2. The van der Waals surface area contributed by atoms with Crippen LogP contribution in [0.2, 0.25) is 5.02 Å². The minimum atomic E-state index is -4.69. The molecule has 0 atom stereocenters. The maximum absolute atomic E-state index is 12.6. The van der Waals surface area contributed by atoms with Gasteiger partial charge in [-0.25, -0.2) is 8.42 Å². The average Bonchev–Trinajstić information content (AvgIpc) is 3.16. The molecule has 0 spiro atoms. The van der Waals surface area contributed by atoms with Crippen LogP contribution in [0.4, 0.5) is 20.2 Å². The Hall–Kier alpha value is -2.19. The molecule has 1 amide bonds. The summed E-state index contributed by atoms with van der Waals surface area (Å²) in [5.41, 5.74) is 1.54. The number of alkyl halides is 2. The van der Waals surface area contributed by atoms with E-state index in [-0.39, 0.29) is 5.56 Å². The third-order valence-electron chi connectivity index (χ3n) is 4.33. The van der Waals surface area contributed by atoms with E-state index in [9.17, 15) is 22.0 Å². The maximum Gasteiger partial charge on any atom is 0.341 e. The smallest absolute Gasteiger partial charge is 0.341 e. The lowest BCUT2D eigenvalue weighted by molar-refractivity contribution is 0.102. The quantitative estimate of drug-likeness (QED) is 0.796. The molecule has 27 heavy (non-hydrogen) atoms. The molecule has 2 aromatic rings. The molecule has 0 unspecified atom stereocenters. The highest BCUT2D eigenvalue weighted by Crippen LogP contribution is 2.32. The van der Waals surface area contributed by atoms with Crippen LogP contribution in [0.25, 0.3) is 0 Å². The second-order valence-electron chi connectivity index (χ2n) is 6.14. The molecule has 3 rings (SSSR count). The fraction of sp³-hybridized carbons (Fsp3) is 0.278. The Balaban J connectivity index is 1.83. The van der Waals surface area contributed by atoms with Gasteiger partial charge in [0.1, 0.15) is 0 Å². The Bertz CT molecular complexity index is 944. The summed E-state index contributed by atoms with van der Waals surface area (Å²) in [4.78, 5) is 14.1. The molecule has 1 N–H and O–H groups in total. The molecular weight excluding hydrogens is 398 g/mol. The largest absolute Gasteiger partial charge is 0.370 e. The van der Waals surface area contributed by atoms with E-state index >= 15 is 0 Å². The van der Waals surface area contributed by atoms with Gasteiger partial charge in [-0.1, -0.05) is 11.6 Å². The van der Waals surface area contributed by atoms with Gasteiger partial charge in [0.05, 0.1) is 16.3 Å². The Morgan fingerprint density at radius 2 is 1.70 bits per heavy atom. The van der Waals surface area contributed by atoms with E-state index in [1.165, 1.54) is 12.1 Å². The van der Waals surface area contributed by atoms with Crippen LogP contribution in [0.1, 0.15) is 23.2 Å². The Morgan fingerprint density at radius 3 is 2.30 bits per heavy atom. The lowest BCUT2D eigenvalue weighted by Crippen LogP contribution is -2.21. The van der Waals surface area contributed by atoms with Gasteiger partial charge < -0.3 is 10.2 Å². The van der Waals surface area contributed by atoms with E-state index in [0.29, 0.717) is 10.7 Å². The van der Waals surface area contributed by atoms with Gasteiger partial charge in [0.15, 0.2) is 0 Å². The summed E-state index contributed by atoms with van der Waals surface area (Å²) in [6, 6.07) is 9.61. The molecule has 144 valence electrons. The van der Waals surface area contributed by atoms with Gasteiger partial charge >= 0.3 is 5.76 Å². The molecule has 0 aromatic heterocycles. The van der Waals surface area contributed by atoms with Crippen LogP contribution < -0.4 is 10.2 Å². The van der Waals surface area contributed by atoms with E-state index in [4.69, 9.17) is 11.6 Å². The lowest BCUT2D eigenvalue weighted by atomic mass is 10.2. The van der Waals surface area contributed by atoms with Crippen molar-refractivity contribution in [3.63, 3.8) is 0 Å². The summed E-state index contributed by atoms with van der Waals surface area (Å²) in [6.45, 7) is 1.76. The first kappa shape index (κ1) is 19.6. The number of amides is 1. The normalized spacial score (nSPS) is 14.6. The first-order valence-electron chi connectivity index (χ1n) is 8.27. The summed E-state index contributed by atoms with van der Waals surface area (Å²) in [5.74, 6) is -4.00. The molecule has 0 radical (unpaired) electrons. The van der Waals surface area contributed by atoms with Gasteiger partial charge in [0.25, 0.3) is 5.91 Å². The third-order valence-corrected chi connectivity index (χ3v) is 5.97. The summed E-state index contributed by atoms with van der Waals surface area (Å²) in [7, 11) is -4.69.